The molecule has 0 radical (unpaired) electrons. The average molecular weight is 452 g/mol. The lowest BCUT2D eigenvalue weighted by Gasteiger charge is -2.32. The maximum absolute atomic E-state index is 13.0. The van der Waals surface area contributed by atoms with E-state index in [1.54, 1.807) is 6.20 Å². The summed E-state index contributed by atoms with van der Waals surface area (Å²) in [7, 11) is -3.00. The van der Waals surface area contributed by atoms with E-state index < -0.39 is 21.6 Å². The van der Waals surface area contributed by atoms with E-state index in [-0.39, 0.29) is 17.3 Å². The Bertz CT molecular complexity index is 1100. The van der Waals surface area contributed by atoms with Crippen molar-refractivity contribution in [2.24, 2.45) is 0 Å². The van der Waals surface area contributed by atoms with Gasteiger partial charge in [0.2, 0.25) is 5.88 Å². The molecule has 1 aliphatic heterocycles. The first-order valence-corrected chi connectivity index (χ1v) is 12.0. The smallest absolute Gasteiger partial charge is 0.416 e. The number of rotatable bonds is 4. The summed E-state index contributed by atoms with van der Waals surface area (Å²) in [6, 6.07) is 4.76. The molecule has 0 unspecified atom stereocenters. The number of ether oxygens (including phenoxy) is 1. The Morgan fingerprint density at radius 2 is 1.77 bits per heavy atom. The number of hydrogen-bond acceptors (Lipinski definition) is 5. The van der Waals surface area contributed by atoms with E-state index in [9.17, 15) is 21.6 Å². The summed E-state index contributed by atoms with van der Waals surface area (Å²) < 4.78 is 68.3. The molecule has 2 aromatic rings. The molecule has 1 saturated heterocycles. The zero-order chi connectivity index (χ0) is 22.2. The van der Waals surface area contributed by atoms with E-state index >= 15 is 0 Å². The molecule has 4 rings (SSSR count). The highest BCUT2D eigenvalue weighted by Crippen LogP contribution is 2.37. The third kappa shape index (κ3) is 4.71. The minimum Gasteiger partial charge on any atom is -0.439 e. The highest BCUT2D eigenvalue weighted by molar-refractivity contribution is 7.91. The Labute approximate surface area is 179 Å². The van der Waals surface area contributed by atoms with Crippen LogP contribution in [0.4, 0.5) is 13.2 Å². The summed E-state index contributed by atoms with van der Waals surface area (Å²) in [6.07, 6.45) is 0.609. The lowest BCUT2D eigenvalue weighted by molar-refractivity contribution is -0.137. The van der Waals surface area contributed by atoms with Crippen LogP contribution in [-0.2, 0) is 28.9 Å². The van der Waals surface area contributed by atoms with E-state index in [2.05, 4.69) is 11.6 Å². The summed E-state index contributed by atoms with van der Waals surface area (Å²) in [6.45, 7) is 4.96. The Morgan fingerprint density at radius 3 is 2.45 bits per heavy atom. The molecule has 0 amide bonds. The number of fused-ring (bicyclic) bond motifs is 1. The van der Waals surface area contributed by atoms with Crippen molar-refractivity contribution in [2.75, 3.05) is 24.6 Å². The van der Waals surface area contributed by atoms with E-state index in [0.717, 1.165) is 53.8 Å². The minimum absolute atomic E-state index is 0.0860. The van der Waals surface area contributed by atoms with Gasteiger partial charge in [-0.25, -0.2) is 13.4 Å². The number of pyridine rings is 1. The molecule has 9 heteroatoms. The van der Waals surface area contributed by atoms with Crippen molar-refractivity contribution in [1.29, 1.82) is 0 Å². The second kappa shape index (κ2) is 8.18. The molecule has 1 fully saturated rings. The summed E-state index contributed by atoms with van der Waals surface area (Å²) in [5, 5.41) is 0. The molecule has 1 aromatic heterocycles. The largest absolute Gasteiger partial charge is 0.439 e. The first-order valence-electron chi connectivity index (χ1n) is 10.1. The first-order chi connectivity index (χ1) is 14.6. The molecule has 166 valence electrons. The third-order valence-electron chi connectivity index (χ3n) is 5.77. The van der Waals surface area contributed by atoms with Crippen LogP contribution in [0.1, 0.15) is 35.1 Å². The maximum atomic E-state index is 13.0. The molecular formula is C22H23F3N2O3S. The summed E-state index contributed by atoms with van der Waals surface area (Å²) in [5.74, 6) is 0.589. The van der Waals surface area contributed by atoms with Crippen molar-refractivity contribution in [1.82, 2.24) is 9.88 Å². The standard InChI is InChI=1S/C22H23F3N2O3S/c1-15(27-9-11-31(28,29)12-10-27)20-14-26-21(19-8-3-2-7-18(19)20)30-17-6-4-5-16(13-17)22(23,24)25/h4-6,13-14H,1-3,7-12H2. The molecule has 0 N–H and O–H groups in total. The minimum atomic E-state index is -4.45. The number of halogens is 3. The number of aromatic nitrogens is 1. The average Bonchev–Trinajstić information content (AvgIpc) is 2.73. The van der Waals surface area contributed by atoms with Gasteiger partial charge in [-0.3, -0.25) is 0 Å². The van der Waals surface area contributed by atoms with Crippen LogP contribution in [0.5, 0.6) is 11.6 Å². The lowest BCUT2D eigenvalue weighted by atomic mass is 9.88. The maximum Gasteiger partial charge on any atom is 0.416 e. The van der Waals surface area contributed by atoms with Gasteiger partial charge in [0.1, 0.15) is 5.75 Å². The molecule has 1 aromatic carbocycles. The quantitative estimate of drug-likeness (QED) is 0.685. The van der Waals surface area contributed by atoms with Gasteiger partial charge in [-0.05, 0) is 49.4 Å². The number of alkyl halides is 3. The van der Waals surface area contributed by atoms with Crippen LogP contribution in [0, 0.1) is 0 Å². The predicted octanol–water partition coefficient (Wildman–Crippen LogP) is 4.47. The van der Waals surface area contributed by atoms with Crippen LogP contribution in [0.25, 0.3) is 5.70 Å². The van der Waals surface area contributed by atoms with Gasteiger partial charge < -0.3 is 9.64 Å². The SMILES string of the molecule is C=C(c1cnc(Oc2cccc(C(F)(F)F)c2)c2c1CCCC2)N1CCS(=O)(=O)CC1. The Kier molecular flexibility index (Phi) is 5.72. The third-order valence-corrected chi connectivity index (χ3v) is 7.38. The van der Waals surface area contributed by atoms with E-state index in [0.29, 0.717) is 25.4 Å². The predicted molar refractivity (Wildman–Crippen MR) is 112 cm³/mol. The molecule has 2 aliphatic rings. The first kappa shape index (κ1) is 21.7. The number of nitrogens with zero attached hydrogens (tertiary/aromatic N) is 2. The summed E-state index contributed by atoms with van der Waals surface area (Å²) >= 11 is 0. The van der Waals surface area contributed by atoms with Crippen LogP contribution in [0.15, 0.2) is 37.0 Å². The van der Waals surface area contributed by atoms with Gasteiger partial charge in [0.15, 0.2) is 9.84 Å². The molecule has 31 heavy (non-hydrogen) atoms. The molecular weight excluding hydrogens is 429 g/mol. The van der Waals surface area contributed by atoms with E-state index in [1.165, 1.54) is 12.1 Å². The second-order valence-corrected chi connectivity index (χ2v) is 10.2. The molecule has 0 saturated carbocycles. The highest BCUT2D eigenvalue weighted by Gasteiger charge is 2.31. The van der Waals surface area contributed by atoms with Crippen molar-refractivity contribution < 1.29 is 26.3 Å². The van der Waals surface area contributed by atoms with Crippen molar-refractivity contribution >= 4 is 15.5 Å². The lowest BCUT2D eigenvalue weighted by Crippen LogP contribution is -2.39. The Hall–Kier alpha value is -2.55. The topological polar surface area (TPSA) is 59.5 Å². The zero-order valence-electron chi connectivity index (χ0n) is 16.9. The fourth-order valence-corrected chi connectivity index (χ4v) is 5.26. The fraction of sp³-hybridized carbons (Fsp3) is 0.409. The molecule has 2 heterocycles. The van der Waals surface area contributed by atoms with Crippen LogP contribution < -0.4 is 4.74 Å². The molecule has 0 spiro atoms. The molecule has 1 aliphatic carbocycles. The van der Waals surface area contributed by atoms with Crippen molar-refractivity contribution in [3.63, 3.8) is 0 Å². The van der Waals surface area contributed by atoms with Gasteiger partial charge in [-0.1, -0.05) is 12.6 Å². The highest BCUT2D eigenvalue weighted by atomic mass is 32.2. The van der Waals surface area contributed by atoms with Crippen LogP contribution >= 0.6 is 0 Å². The van der Waals surface area contributed by atoms with Crippen molar-refractivity contribution in [3.8, 4) is 11.6 Å². The Balaban J connectivity index is 1.63. The van der Waals surface area contributed by atoms with Crippen LogP contribution in [0.2, 0.25) is 0 Å². The van der Waals surface area contributed by atoms with Gasteiger partial charge in [0.25, 0.3) is 0 Å². The van der Waals surface area contributed by atoms with Gasteiger partial charge in [0, 0.05) is 36.1 Å². The fourth-order valence-electron chi connectivity index (χ4n) is 4.05. The van der Waals surface area contributed by atoms with Gasteiger partial charge >= 0.3 is 6.18 Å². The summed E-state index contributed by atoms with van der Waals surface area (Å²) in [4.78, 5) is 6.37. The number of sulfone groups is 1. The van der Waals surface area contributed by atoms with Crippen molar-refractivity contribution in [2.45, 2.75) is 31.9 Å². The summed E-state index contributed by atoms with van der Waals surface area (Å²) in [5.41, 5.74) is 2.72. The molecule has 5 nitrogen and oxygen atoms in total. The van der Waals surface area contributed by atoms with Crippen LogP contribution in [0.3, 0.4) is 0 Å². The second-order valence-electron chi connectivity index (χ2n) is 7.85. The van der Waals surface area contributed by atoms with Gasteiger partial charge in [0.05, 0.1) is 17.1 Å². The monoisotopic (exact) mass is 452 g/mol. The zero-order valence-corrected chi connectivity index (χ0v) is 17.7. The Morgan fingerprint density at radius 1 is 1.10 bits per heavy atom. The molecule has 0 bridgehead atoms. The van der Waals surface area contributed by atoms with Crippen molar-refractivity contribution in [3.05, 3.63) is 59.3 Å². The molecule has 0 atom stereocenters. The van der Waals surface area contributed by atoms with Gasteiger partial charge in [-0.15, -0.1) is 0 Å². The number of benzene rings is 1. The number of hydrogen-bond donors (Lipinski definition) is 0. The normalized spacial score (nSPS) is 18.4. The van der Waals surface area contributed by atoms with Gasteiger partial charge in [-0.2, -0.15) is 13.2 Å². The van der Waals surface area contributed by atoms with Crippen LogP contribution in [-0.4, -0.2) is 42.9 Å². The van der Waals surface area contributed by atoms with E-state index in [4.69, 9.17) is 4.74 Å². The van der Waals surface area contributed by atoms with E-state index in [1.807, 2.05) is 4.90 Å².